The SMILES string of the molecule is Cc1nn(C)c(C)c1/C=C/C(=O)N1CCC[C@@H](c2cnc(Nc3ccccn3)cn2)C1. The number of piperidine rings is 1. The zero-order chi connectivity index (χ0) is 21.8. The molecule has 0 aliphatic carbocycles. The summed E-state index contributed by atoms with van der Waals surface area (Å²) in [5, 5.41) is 7.54. The second-order valence-corrected chi connectivity index (χ2v) is 7.83. The molecule has 1 saturated heterocycles. The van der Waals surface area contributed by atoms with Crippen molar-refractivity contribution in [3.8, 4) is 0 Å². The highest BCUT2D eigenvalue weighted by molar-refractivity contribution is 5.92. The first-order valence-corrected chi connectivity index (χ1v) is 10.5. The number of carbonyl (C=O) groups excluding carboxylic acids is 1. The monoisotopic (exact) mass is 417 g/mol. The molecule has 0 saturated carbocycles. The number of carbonyl (C=O) groups is 1. The van der Waals surface area contributed by atoms with Crippen LogP contribution in [-0.4, -0.2) is 48.6 Å². The van der Waals surface area contributed by atoms with Gasteiger partial charge in [-0.1, -0.05) is 6.07 Å². The van der Waals surface area contributed by atoms with E-state index in [1.165, 1.54) is 0 Å². The van der Waals surface area contributed by atoms with Crippen LogP contribution >= 0.6 is 0 Å². The molecule has 160 valence electrons. The third kappa shape index (κ3) is 4.79. The molecule has 1 aliphatic heterocycles. The van der Waals surface area contributed by atoms with Crippen molar-refractivity contribution in [3.05, 3.63) is 65.5 Å². The van der Waals surface area contributed by atoms with Gasteiger partial charge in [-0.2, -0.15) is 5.10 Å². The van der Waals surface area contributed by atoms with Crippen LogP contribution in [-0.2, 0) is 11.8 Å². The van der Waals surface area contributed by atoms with Crippen LogP contribution in [0.3, 0.4) is 0 Å². The molecule has 0 bridgehead atoms. The Labute approximate surface area is 182 Å². The van der Waals surface area contributed by atoms with Gasteiger partial charge in [-0.15, -0.1) is 0 Å². The van der Waals surface area contributed by atoms with Crippen LogP contribution in [0.2, 0.25) is 0 Å². The van der Waals surface area contributed by atoms with E-state index in [-0.39, 0.29) is 11.8 Å². The number of nitrogens with zero attached hydrogens (tertiary/aromatic N) is 6. The minimum atomic E-state index is 0.0220. The van der Waals surface area contributed by atoms with Crippen molar-refractivity contribution in [1.82, 2.24) is 29.6 Å². The van der Waals surface area contributed by atoms with E-state index in [2.05, 4.69) is 25.4 Å². The normalized spacial score (nSPS) is 16.6. The Balaban J connectivity index is 1.40. The lowest BCUT2D eigenvalue weighted by molar-refractivity contribution is -0.127. The third-order valence-electron chi connectivity index (χ3n) is 5.70. The van der Waals surface area contributed by atoms with Crippen molar-refractivity contribution in [2.24, 2.45) is 7.05 Å². The van der Waals surface area contributed by atoms with E-state index in [0.29, 0.717) is 12.4 Å². The zero-order valence-electron chi connectivity index (χ0n) is 18.1. The number of pyridine rings is 1. The quantitative estimate of drug-likeness (QED) is 0.640. The summed E-state index contributed by atoms with van der Waals surface area (Å²) in [6.07, 6.45) is 10.7. The molecule has 4 heterocycles. The summed E-state index contributed by atoms with van der Waals surface area (Å²) >= 11 is 0. The van der Waals surface area contributed by atoms with Crippen molar-refractivity contribution in [2.45, 2.75) is 32.6 Å². The lowest BCUT2D eigenvalue weighted by Crippen LogP contribution is -2.38. The van der Waals surface area contributed by atoms with Crippen LogP contribution in [0.5, 0.6) is 0 Å². The van der Waals surface area contributed by atoms with Gasteiger partial charge in [0.25, 0.3) is 0 Å². The van der Waals surface area contributed by atoms with Gasteiger partial charge in [0.05, 0.1) is 23.8 Å². The number of amides is 1. The Hall–Kier alpha value is -3.55. The van der Waals surface area contributed by atoms with Gasteiger partial charge in [-0.3, -0.25) is 14.5 Å². The fraction of sp³-hybridized carbons (Fsp3) is 0.348. The van der Waals surface area contributed by atoms with Crippen LogP contribution < -0.4 is 5.32 Å². The number of aromatic nitrogens is 5. The molecule has 0 radical (unpaired) electrons. The van der Waals surface area contributed by atoms with Gasteiger partial charge < -0.3 is 10.2 Å². The standard InChI is InChI=1S/C23H27N7O/c1-16-19(17(2)29(3)28-16)9-10-23(31)30-12-6-7-18(15-30)20-13-26-22(14-25-20)27-21-8-4-5-11-24-21/h4-5,8-11,13-14,18H,6-7,12,15H2,1-3H3,(H,24,26,27)/b10-9+/t18-/m1/s1. The molecule has 0 aromatic carbocycles. The lowest BCUT2D eigenvalue weighted by atomic mass is 9.95. The van der Waals surface area contributed by atoms with E-state index in [4.69, 9.17) is 0 Å². The zero-order valence-corrected chi connectivity index (χ0v) is 18.1. The predicted octanol–water partition coefficient (Wildman–Crippen LogP) is 3.38. The molecule has 1 atom stereocenters. The second kappa shape index (κ2) is 9.07. The summed E-state index contributed by atoms with van der Waals surface area (Å²) in [5.41, 5.74) is 3.89. The van der Waals surface area contributed by atoms with Gasteiger partial charge >= 0.3 is 0 Å². The molecule has 1 amide bonds. The number of anilines is 2. The molecule has 1 aliphatic rings. The van der Waals surface area contributed by atoms with Gasteiger partial charge in [0, 0.05) is 49.6 Å². The highest BCUT2D eigenvalue weighted by atomic mass is 16.2. The highest BCUT2D eigenvalue weighted by Gasteiger charge is 2.25. The maximum atomic E-state index is 12.8. The molecule has 8 heteroatoms. The van der Waals surface area contributed by atoms with Crippen LogP contribution in [0.4, 0.5) is 11.6 Å². The van der Waals surface area contributed by atoms with Gasteiger partial charge in [-0.25, -0.2) is 9.97 Å². The summed E-state index contributed by atoms with van der Waals surface area (Å²) in [6.45, 7) is 5.37. The van der Waals surface area contributed by atoms with Gasteiger partial charge in [0.2, 0.25) is 5.91 Å². The maximum absolute atomic E-state index is 12.8. The Morgan fingerprint density at radius 3 is 2.71 bits per heavy atom. The number of aryl methyl sites for hydroxylation is 2. The van der Waals surface area contributed by atoms with Crippen molar-refractivity contribution in [3.63, 3.8) is 0 Å². The first kappa shape index (κ1) is 20.7. The van der Waals surface area contributed by atoms with Crippen LogP contribution in [0.25, 0.3) is 6.08 Å². The van der Waals surface area contributed by atoms with Crippen LogP contribution in [0.1, 0.15) is 41.4 Å². The molecule has 3 aromatic rings. The summed E-state index contributed by atoms with van der Waals surface area (Å²) in [5.74, 6) is 1.58. The van der Waals surface area contributed by atoms with Crippen molar-refractivity contribution < 1.29 is 4.79 Å². The Bertz CT molecular complexity index is 1070. The number of hydrogen-bond donors (Lipinski definition) is 1. The number of rotatable bonds is 5. The smallest absolute Gasteiger partial charge is 0.246 e. The fourth-order valence-electron chi connectivity index (χ4n) is 3.89. The molecule has 4 rings (SSSR count). The number of hydrogen-bond acceptors (Lipinski definition) is 6. The molecular formula is C23H27N7O. The molecule has 3 aromatic heterocycles. The van der Waals surface area contributed by atoms with Gasteiger partial charge in [-0.05, 0) is 44.9 Å². The minimum Gasteiger partial charge on any atom is -0.338 e. The molecule has 0 unspecified atom stereocenters. The topological polar surface area (TPSA) is 88.8 Å². The molecule has 1 N–H and O–H groups in total. The Kier molecular flexibility index (Phi) is 6.06. The van der Waals surface area contributed by atoms with E-state index >= 15 is 0 Å². The van der Waals surface area contributed by atoms with Gasteiger partial charge in [0.15, 0.2) is 0 Å². The predicted molar refractivity (Wildman–Crippen MR) is 120 cm³/mol. The van der Waals surface area contributed by atoms with E-state index < -0.39 is 0 Å². The molecule has 1 fully saturated rings. The molecule has 31 heavy (non-hydrogen) atoms. The van der Waals surface area contributed by atoms with E-state index in [9.17, 15) is 4.79 Å². The fourth-order valence-corrected chi connectivity index (χ4v) is 3.89. The Morgan fingerprint density at radius 2 is 2.03 bits per heavy atom. The second-order valence-electron chi connectivity index (χ2n) is 7.83. The largest absolute Gasteiger partial charge is 0.338 e. The van der Waals surface area contributed by atoms with E-state index in [0.717, 1.165) is 47.8 Å². The maximum Gasteiger partial charge on any atom is 0.246 e. The van der Waals surface area contributed by atoms with Crippen molar-refractivity contribution >= 4 is 23.6 Å². The van der Waals surface area contributed by atoms with Crippen molar-refractivity contribution in [2.75, 3.05) is 18.4 Å². The third-order valence-corrected chi connectivity index (χ3v) is 5.70. The molecule has 0 spiro atoms. The first-order valence-electron chi connectivity index (χ1n) is 10.5. The number of nitrogens with one attached hydrogen (secondary N) is 1. The van der Waals surface area contributed by atoms with E-state index in [1.54, 1.807) is 24.7 Å². The van der Waals surface area contributed by atoms with Gasteiger partial charge in [0.1, 0.15) is 11.6 Å². The van der Waals surface area contributed by atoms with E-state index in [1.807, 2.05) is 54.8 Å². The average molecular weight is 418 g/mol. The summed E-state index contributed by atoms with van der Waals surface area (Å²) in [4.78, 5) is 28.0. The molecular weight excluding hydrogens is 390 g/mol. The summed E-state index contributed by atoms with van der Waals surface area (Å²) in [7, 11) is 1.91. The highest BCUT2D eigenvalue weighted by Crippen LogP contribution is 2.26. The van der Waals surface area contributed by atoms with Crippen molar-refractivity contribution in [1.29, 1.82) is 0 Å². The summed E-state index contributed by atoms with van der Waals surface area (Å²) < 4.78 is 1.83. The lowest BCUT2D eigenvalue weighted by Gasteiger charge is -2.31. The number of likely N-dealkylation sites (tertiary alicyclic amines) is 1. The first-order chi connectivity index (χ1) is 15.0. The van der Waals surface area contributed by atoms with Crippen LogP contribution in [0.15, 0.2) is 42.9 Å². The van der Waals surface area contributed by atoms with Crippen LogP contribution in [0, 0.1) is 13.8 Å². The summed E-state index contributed by atoms with van der Waals surface area (Å²) in [6, 6.07) is 5.66. The Morgan fingerprint density at radius 1 is 1.16 bits per heavy atom. The molecule has 8 nitrogen and oxygen atoms in total. The minimum absolute atomic E-state index is 0.0220. The average Bonchev–Trinajstić information content (AvgIpc) is 3.04.